The molecule has 3 aromatic rings. The van der Waals surface area contributed by atoms with Crippen molar-refractivity contribution in [2.24, 2.45) is 0 Å². The maximum Gasteiger partial charge on any atom is 0.194 e. The Hall–Kier alpha value is -2.74. The summed E-state index contributed by atoms with van der Waals surface area (Å²) in [6, 6.07) is 23.6. The first-order valence-corrected chi connectivity index (χ1v) is 6.37. The molecule has 2 aromatic carbocycles. The molecule has 0 aliphatic carbocycles. The van der Waals surface area contributed by atoms with Crippen LogP contribution in [0.2, 0.25) is 0 Å². The van der Waals surface area contributed by atoms with Crippen molar-refractivity contribution in [2.75, 3.05) is 0 Å². The average Bonchev–Trinajstić information content (AvgIpc) is 2.56. The molecule has 0 amide bonds. The first-order valence-electron chi connectivity index (χ1n) is 6.37. The third-order valence-electron chi connectivity index (χ3n) is 3.05. The van der Waals surface area contributed by atoms with E-state index in [1.54, 1.807) is 24.4 Å². The van der Waals surface area contributed by atoms with Gasteiger partial charge < -0.3 is 4.98 Å². The van der Waals surface area contributed by atoms with E-state index >= 15 is 0 Å². The molecular weight excluding hydrogens is 246 g/mol. The minimum Gasteiger partial charge on any atom is -0.304 e. The molecule has 3 rings (SSSR count). The van der Waals surface area contributed by atoms with Gasteiger partial charge in [-0.3, -0.25) is 4.79 Å². The van der Waals surface area contributed by atoms with Crippen LogP contribution in [0.25, 0.3) is 11.3 Å². The molecule has 0 saturated heterocycles. The van der Waals surface area contributed by atoms with Crippen molar-refractivity contribution < 1.29 is 4.79 Å². The van der Waals surface area contributed by atoms with E-state index in [0.717, 1.165) is 11.3 Å². The minimum absolute atomic E-state index is 0.0123. The second-order valence-electron chi connectivity index (χ2n) is 4.40. The third-order valence-corrected chi connectivity index (χ3v) is 3.05. The Morgan fingerprint density at radius 1 is 0.850 bits per heavy atom. The summed E-state index contributed by atoms with van der Waals surface area (Å²) in [6.07, 6.45) is 1.62. The van der Waals surface area contributed by atoms with Gasteiger partial charge in [0, 0.05) is 17.3 Å². The Morgan fingerprint density at radius 2 is 1.65 bits per heavy atom. The molecule has 0 unspecified atom stereocenters. The molecule has 0 bridgehead atoms. The van der Waals surface area contributed by atoms with Crippen LogP contribution in [0.3, 0.4) is 0 Å². The number of ketones is 1. The second kappa shape index (κ2) is 5.49. The fourth-order valence-corrected chi connectivity index (χ4v) is 2.00. The zero-order valence-corrected chi connectivity index (χ0v) is 10.8. The molecule has 2 heteroatoms. The topological polar surface area (TPSA) is 30.0 Å². The number of aromatic nitrogens is 1. The van der Waals surface area contributed by atoms with Crippen LogP contribution < -0.4 is 0 Å². The van der Waals surface area contributed by atoms with Crippen LogP contribution >= 0.6 is 0 Å². The molecule has 2 nitrogen and oxygen atoms in total. The van der Waals surface area contributed by atoms with Gasteiger partial charge in [-0.2, -0.15) is 0 Å². The van der Waals surface area contributed by atoms with Crippen LogP contribution in [0.4, 0.5) is 0 Å². The monoisotopic (exact) mass is 258 g/mol. The normalized spacial score (nSPS) is 10.2. The van der Waals surface area contributed by atoms with Crippen LogP contribution in [0.5, 0.6) is 0 Å². The highest BCUT2D eigenvalue weighted by Crippen LogP contribution is 2.17. The molecule has 0 spiro atoms. The summed E-state index contributed by atoms with van der Waals surface area (Å²) in [5, 5.41) is 0. The van der Waals surface area contributed by atoms with Crippen LogP contribution in [0.15, 0.2) is 72.9 Å². The number of carbonyl (C=O) groups is 1. The highest BCUT2D eigenvalue weighted by Gasteiger charge is 2.07. The quantitative estimate of drug-likeness (QED) is 0.528. The summed E-state index contributed by atoms with van der Waals surface area (Å²) >= 11 is 0. The zero-order valence-electron chi connectivity index (χ0n) is 10.8. The Bertz CT molecular complexity index is 703. The Morgan fingerprint density at radius 3 is 2.30 bits per heavy atom. The van der Waals surface area contributed by atoms with Gasteiger partial charge in [0.05, 0.1) is 0 Å². The van der Waals surface area contributed by atoms with Crippen LogP contribution in [0, 0.1) is 6.07 Å². The SMILES string of the molecule is O=C(c1ccccc1)c1ccc(-c2[c-]cccc2)nc1. The fourth-order valence-electron chi connectivity index (χ4n) is 2.00. The Kier molecular flexibility index (Phi) is 3.38. The van der Waals surface area contributed by atoms with E-state index in [1.165, 1.54) is 0 Å². The lowest BCUT2D eigenvalue weighted by atomic mass is 10.0. The summed E-state index contributed by atoms with van der Waals surface area (Å²) in [5.41, 5.74) is 3.01. The van der Waals surface area contributed by atoms with Crippen LogP contribution in [0.1, 0.15) is 15.9 Å². The van der Waals surface area contributed by atoms with Crippen molar-refractivity contribution >= 4 is 5.78 Å². The van der Waals surface area contributed by atoms with Crippen molar-refractivity contribution in [1.82, 2.24) is 4.98 Å². The van der Waals surface area contributed by atoms with Crippen molar-refractivity contribution in [3.8, 4) is 11.3 Å². The standard InChI is InChI=1S/C18H12NO/c20-18(15-9-5-2-6-10-15)16-11-12-17(19-13-16)14-7-3-1-4-8-14/h1-7,9-13H/q-1. The summed E-state index contributed by atoms with van der Waals surface area (Å²) < 4.78 is 0. The Labute approximate surface area is 117 Å². The van der Waals surface area contributed by atoms with E-state index < -0.39 is 0 Å². The highest BCUT2D eigenvalue weighted by molar-refractivity contribution is 6.08. The minimum atomic E-state index is -0.0123. The van der Waals surface area contributed by atoms with E-state index in [1.807, 2.05) is 48.5 Å². The smallest absolute Gasteiger partial charge is 0.194 e. The second-order valence-corrected chi connectivity index (χ2v) is 4.40. The largest absolute Gasteiger partial charge is 0.304 e. The molecule has 0 atom stereocenters. The molecule has 0 radical (unpaired) electrons. The first kappa shape index (κ1) is 12.3. The van der Waals surface area contributed by atoms with Gasteiger partial charge >= 0.3 is 0 Å². The van der Waals surface area contributed by atoms with Gasteiger partial charge in [-0.1, -0.05) is 42.5 Å². The summed E-state index contributed by atoms with van der Waals surface area (Å²) in [5.74, 6) is -0.0123. The number of hydrogen-bond donors (Lipinski definition) is 0. The number of benzene rings is 2. The van der Waals surface area contributed by atoms with Gasteiger partial charge in [0.25, 0.3) is 0 Å². The maximum atomic E-state index is 12.2. The van der Waals surface area contributed by atoms with E-state index in [2.05, 4.69) is 11.1 Å². The van der Waals surface area contributed by atoms with Crippen LogP contribution in [-0.2, 0) is 0 Å². The van der Waals surface area contributed by atoms with Crippen molar-refractivity contribution in [1.29, 1.82) is 0 Å². The molecule has 0 fully saturated rings. The molecule has 1 heterocycles. The predicted octanol–water partition coefficient (Wildman–Crippen LogP) is 3.78. The van der Waals surface area contributed by atoms with Gasteiger partial charge in [0.1, 0.15) is 0 Å². The van der Waals surface area contributed by atoms with E-state index in [4.69, 9.17) is 0 Å². The number of rotatable bonds is 3. The van der Waals surface area contributed by atoms with Crippen molar-refractivity contribution in [3.63, 3.8) is 0 Å². The number of hydrogen-bond acceptors (Lipinski definition) is 2. The molecule has 0 N–H and O–H groups in total. The van der Waals surface area contributed by atoms with Crippen LogP contribution in [-0.4, -0.2) is 10.8 Å². The molecule has 0 aliphatic rings. The lowest BCUT2D eigenvalue weighted by Gasteiger charge is -2.08. The zero-order chi connectivity index (χ0) is 13.8. The summed E-state index contributed by atoms with van der Waals surface area (Å²) in [4.78, 5) is 16.6. The van der Waals surface area contributed by atoms with Gasteiger partial charge in [0.15, 0.2) is 5.78 Å². The van der Waals surface area contributed by atoms with Crippen molar-refractivity contribution in [3.05, 3.63) is 90.1 Å². The van der Waals surface area contributed by atoms with Gasteiger partial charge in [0.2, 0.25) is 0 Å². The maximum absolute atomic E-state index is 12.2. The van der Waals surface area contributed by atoms with Crippen molar-refractivity contribution in [2.45, 2.75) is 0 Å². The number of carbonyl (C=O) groups excluding carboxylic acids is 1. The fraction of sp³-hybridized carbons (Fsp3) is 0. The van der Waals surface area contributed by atoms with Gasteiger partial charge in [-0.15, -0.1) is 35.9 Å². The molecule has 0 aliphatic heterocycles. The summed E-state index contributed by atoms with van der Waals surface area (Å²) in [7, 11) is 0. The van der Waals surface area contributed by atoms with E-state index in [0.29, 0.717) is 11.1 Å². The van der Waals surface area contributed by atoms with Gasteiger partial charge in [-0.25, -0.2) is 0 Å². The van der Waals surface area contributed by atoms with Gasteiger partial charge in [-0.05, 0) is 5.69 Å². The first-order chi connectivity index (χ1) is 9.84. The average molecular weight is 258 g/mol. The van der Waals surface area contributed by atoms with E-state index in [-0.39, 0.29) is 5.78 Å². The summed E-state index contributed by atoms with van der Waals surface area (Å²) in [6.45, 7) is 0. The Balaban J connectivity index is 1.89. The molecule has 20 heavy (non-hydrogen) atoms. The lowest BCUT2D eigenvalue weighted by Crippen LogP contribution is -2.01. The predicted molar refractivity (Wildman–Crippen MR) is 78.4 cm³/mol. The molecular formula is C18H12NO-. The highest BCUT2D eigenvalue weighted by atomic mass is 16.1. The lowest BCUT2D eigenvalue weighted by molar-refractivity contribution is 0.103. The molecule has 0 saturated carbocycles. The third kappa shape index (κ3) is 2.50. The van der Waals surface area contributed by atoms with E-state index in [9.17, 15) is 4.79 Å². The molecule has 96 valence electrons. The molecule has 1 aromatic heterocycles. The number of pyridine rings is 1. The number of nitrogens with zero attached hydrogens (tertiary/aromatic N) is 1.